The van der Waals surface area contributed by atoms with Crippen molar-refractivity contribution in [2.75, 3.05) is 11.5 Å². The first kappa shape index (κ1) is 16.1. The van der Waals surface area contributed by atoms with Gasteiger partial charge in [0, 0.05) is 5.75 Å². The van der Waals surface area contributed by atoms with Gasteiger partial charge in [-0.3, -0.25) is 0 Å². The summed E-state index contributed by atoms with van der Waals surface area (Å²) >= 11 is 2.04. The first-order valence-electron chi connectivity index (χ1n) is 7.14. The smallest absolute Gasteiger partial charge is 0.0113 e. The Morgan fingerprint density at radius 3 is 2.12 bits per heavy atom. The first-order valence-corrected chi connectivity index (χ1v) is 8.30. The summed E-state index contributed by atoms with van der Waals surface area (Å²) < 4.78 is 0. The molecule has 0 N–H and O–H groups in total. The van der Waals surface area contributed by atoms with Gasteiger partial charge in [-0.05, 0) is 25.0 Å². The van der Waals surface area contributed by atoms with Crippen molar-refractivity contribution in [3.05, 3.63) is 12.2 Å². The zero-order valence-corrected chi connectivity index (χ0v) is 12.2. The molecule has 0 rings (SSSR count). The van der Waals surface area contributed by atoms with E-state index in [1.807, 2.05) is 11.8 Å². The topological polar surface area (TPSA) is 0 Å². The monoisotopic (exact) mass is 242 g/mol. The Kier molecular flexibility index (Phi) is 15.2. The molecule has 0 spiro atoms. The molecule has 0 heterocycles. The molecular formula is C15H30S. The molecule has 0 bridgehead atoms. The quantitative estimate of drug-likeness (QED) is 0.306. The summed E-state index contributed by atoms with van der Waals surface area (Å²) in [5.74, 6) is 2.52. The molecule has 0 saturated carbocycles. The molecule has 0 unspecified atom stereocenters. The summed E-state index contributed by atoms with van der Waals surface area (Å²) in [5.41, 5.74) is 0. The van der Waals surface area contributed by atoms with Crippen LogP contribution >= 0.6 is 11.8 Å². The number of hydrogen-bond acceptors (Lipinski definition) is 1. The van der Waals surface area contributed by atoms with Crippen molar-refractivity contribution in [2.24, 2.45) is 0 Å². The largest absolute Gasteiger partial charge is 0.158 e. The van der Waals surface area contributed by atoms with Gasteiger partial charge in [0.1, 0.15) is 0 Å². The molecule has 0 atom stereocenters. The fraction of sp³-hybridized carbons (Fsp3) is 0.867. The molecule has 96 valence electrons. The number of allylic oxidation sites excluding steroid dienone is 1. The maximum Gasteiger partial charge on any atom is 0.0113 e. The predicted octanol–water partition coefficient (Wildman–Crippen LogP) is 5.83. The van der Waals surface area contributed by atoms with Crippen molar-refractivity contribution >= 4 is 11.8 Å². The minimum absolute atomic E-state index is 1.21. The van der Waals surface area contributed by atoms with Crippen LogP contribution in [0.5, 0.6) is 0 Å². The van der Waals surface area contributed by atoms with Crippen LogP contribution in [-0.4, -0.2) is 11.5 Å². The second-order valence-electron chi connectivity index (χ2n) is 4.46. The summed E-state index contributed by atoms with van der Waals surface area (Å²) in [6, 6.07) is 0. The van der Waals surface area contributed by atoms with E-state index in [1.165, 1.54) is 69.3 Å². The standard InChI is InChI=1S/C15H30S/c1-3-5-6-7-8-9-10-11-12-13-15-16-14-4-2/h12-13H,3-11,14-15H2,1-2H3/b13-12+. The van der Waals surface area contributed by atoms with Crippen molar-refractivity contribution in [2.45, 2.75) is 71.6 Å². The van der Waals surface area contributed by atoms with E-state index in [1.54, 1.807) is 0 Å². The number of thioether (sulfide) groups is 1. The van der Waals surface area contributed by atoms with Gasteiger partial charge in [0.05, 0.1) is 0 Å². The van der Waals surface area contributed by atoms with Gasteiger partial charge in [0.15, 0.2) is 0 Å². The van der Waals surface area contributed by atoms with E-state index in [0.717, 1.165) is 0 Å². The van der Waals surface area contributed by atoms with Crippen molar-refractivity contribution in [3.8, 4) is 0 Å². The SMILES string of the molecule is CCCCCCCCC/C=C/CSCCC. The summed E-state index contributed by atoms with van der Waals surface area (Å²) in [6.07, 6.45) is 17.2. The molecule has 0 aliphatic rings. The normalized spacial score (nSPS) is 11.4. The molecule has 0 radical (unpaired) electrons. The van der Waals surface area contributed by atoms with Crippen LogP contribution in [0.25, 0.3) is 0 Å². The van der Waals surface area contributed by atoms with Crippen LogP contribution < -0.4 is 0 Å². The van der Waals surface area contributed by atoms with Crippen LogP contribution in [-0.2, 0) is 0 Å². The molecule has 1 heteroatoms. The van der Waals surface area contributed by atoms with Crippen molar-refractivity contribution < 1.29 is 0 Å². The van der Waals surface area contributed by atoms with Crippen LogP contribution in [0.2, 0.25) is 0 Å². The fourth-order valence-electron chi connectivity index (χ4n) is 1.70. The predicted molar refractivity (Wildman–Crippen MR) is 79.4 cm³/mol. The summed E-state index contributed by atoms with van der Waals surface area (Å²) in [5, 5.41) is 0. The number of hydrogen-bond donors (Lipinski definition) is 0. The minimum atomic E-state index is 1.21. The number of rotatable bonds is 12. The van der Waals surface area contributed by atoms with Gasteiger partial charge in [0.25, 0.3) is 0 Å². The van der Waals surface area contributed by atoms with E-state index >= 15 is 0 Å². The highest BCUT2D eigenvalue weighted by Gasteiger charge is 1.89. The average molecular weight is 242 g/mol. The third-order valence-electron chi connectivity index (χ3n) is 2.70. The highest BCUT2D eigenvalue weighted by Crippen LogP contribution is 2.09. The Labute approximate surface area is 107 Å². The lowest BCUT2D eigenvalue weighted by molar-refractivity contribution is 0.592. The van der Waals surface area contributed by atoms with E-state index in [-0.39, 0.29) is 0 Å². The second-order valence-corrected chi connectivity index (χ2v) is 5.61. The van der Waals surface area contributed by atoms with Gasteiger partial charge in [0.2, 0.25) is 0 Å². The molecular weight excluding hydrogens is 212 g/mol. The average Bonchev–Trinajstić information content (AvgIpc) is 2.31. The molecule has 0 aliphatic carbocycles. The van der Waals surface area contributed by atoms with Crippen LogP contribution in [0.15, 0.2) is 12.2 Å². The third-order valence-corrected chi connectivity index (χ3v) is 3.83. The third kappa shape index (κ3) is 14.1. The molecule has 0 saturated heterocycles. The van der Waals surface area contributed by atoms with Crippen molar-refractivity contribution in [3.63, 3.8) is 0 Å². The zero-order chi connectivity index (χ0) is 11.9. The van der Waals surface area contributed by atoms with E-state index in [9.17, 15) is 0 Å². The van der Waals surface area contributed by atoms with E-state index < -0.39 is 0 Å². The van der Waals surface area contributed by atoms with Gasteiger partial charge in [-0.2, -0.15) is 11.8 Å². The first-order chi connectivity index (χ1) is 7.91. The van der Waals surface area contributed by atoms with Gasteiger partial charge in [-0.1, -0.05) is 64.5 Å². The molecule has 0 aromatic rings. The van der Waals surface area contributed by atoms with E-state index in [4.69, 9.17) is 0 Å². The van der Waals surface area contributed by atoms with Crippen LogP contribution in [0, 0.1) is 0 Å². The molecule has 0 aromatic carbocycles. The summed E-state index contributed by atoms with van der Waals surface area (Å²) in [7, 11) is 0. The van der Waals surface area contributed by atoms with Crippen LogP contribution in [0.3, 0.4) is 0 Å². The van der Waals surface area contributed by atoms with Gasteiger partial charge in [-0.15, -0.1) is 0 Å². The van der Waals surface area contributed by atoms with Crippen molar-refractivity contribution in [1.82, 2.24) is 0 Å². The highest BCUT2D eigenvalue weighted by atomic mass is 32.2. The van der Waals surface area contributed by atoms with Crippen molar-refractivity contribution in [1.29, 1.82) is 0 Å². The van der Waals surface area contributed by atoms with Gasteiger partial charge >= 0.3 is 0 Å². The Bertz CT molecular complexity index is 140. The molecule has 16 heavy (non-hydrogen) atoms. The lowest BCUT2D eigenvalue weighted by Gasteiger charge is -1.98. The zero-order valence-electron chi connectivity index (χ0n) is 11.3. The summed E-state index contributed by atoms with van der Waals surface area (Å²) in [4.78, 5) is 0. The lowest BCUT2D eigenvalue weighted by atomic mass is 10.1. The molecule has 0 amide bonds. The van der Waals surface area contributed by atoms with E-state index in [0.29, 0.717) is 0 Å². The Balaban J connectivity index is 2.97. The van der Waals surface area contributed by atoms with E-state index in [2.05, 4.69) is 26.0 Å². The minimum Gasteiger partial charge on any atom is -0.158 e. The molecule has 0 aliphatic heterocycles. The fourth-order valence-corrected chi connectivity index (χ4v) is 2.43. The summed E-state index contributed by atoms with van der Waals surface area (Å²) in [6.45, 7) is 4.52. The van der Waals surface area contributed by atoms with Gasteiger partial charge in [-0.25, -0.2) is 0 Å². The maximum absolute atomic E-state index is 2.37. The lowest BCUT2D eigenvalue weighted by Crippen LogP contribution is -1.79. The molecule has 0 fully saturated rings. The van der Waals surface area contributed by atoms with Gasteiger partial charge < -0.3 is 0 Å². The highest BCUT2D eigenvalue weighted by molar-refractivity contribution is 7.99. The Morgan fingerprint density at radius 2 is 1.44 bits per heavy atom. The second kappa shape index (κ2) is 15.1. The molecule has 0 aromatic heterocycles. The van der Waals surface area contributed by atoms with Crippen LogP contribution in [0.1, 0.15) is 71.6 Å². The number of unbranched alkanes of at least 4 members (excludes halogenated alkanes) is 7. The molecule has 0 nitrogen and oxygen atoms in total. The van der Waals surface area contributed by atoms with Crippen LogP contribution in [0.4, 0.5) is 0 Å². The maximum atomic E-state index is 2.37. The Hall–Kier alpha value is 0.0900. The Morgan fingerprint density at radius 1 is 0.750 bits per heavy atom.